The van der Waals surface area contributed by atoms with Gasteiger partial charge in [-0.3, -0.25) is 10.1 Å². The van der Waals surface area contributed by atoms with Gasteiger partial charge in [0.15, 0.2) is 0 Å². The zero-order valence-corrected chi connectivity index (χ0v) is 8.62. The Morgan fingerprint density at radius 1 is 1.20 bits per heavy atom. The summed E-state index contributed by atoms with van der Waals surface area (Å²) < 4.78 is 0. The van der Waals surface area contributed by atoms with E-state index in [0.29, 0.717) is 13.0 Å². The van der Waals surface area contributed by atoms with Crippen molar-refractivity contribution in [3.8, 4) is 0 Å². The van der Waals surface area contributed by atoms with Crippen molar-refractivity contribution in [2.45, 2.75) is 19.9 Å². The monoisotopic (exact) mass is 206 g/mol. The molecule has 80 valence electrons. The predicted octanol–water partition coefficient (Wildman–Crippen LogP) is 1.42. The van der Waals surface area contributed by atoms with Crippen LogP contribution in [0.5, 0.6) is 0 Å². The number of nitrogens with one attached hydrogen (secondary N) is 2. The van der Waals surface area contributed by atoms with E-state index < -0.39 is 6.03 Å². The molecule has 1 rings (SSSR count). The van der Waals surface area contributed by atoms with Crippen LogP contribution >= 0.6 is 0 Å². The zero-order chi connectivity index (χ0) is 11.1. The molecule has 0 fully saturated rings. The van der Waals surface area contributed by atoms with E-state index in [1.54, 1.807) is 6.92 Å². The number of carbonyl (C=O) groups is 2. The number of hydrogen-bond acceptors (Lipinski definition) is 2. The van der Waals surface area contributed by atoms with Crippen molar-refractivity contribution in [1.29, 1.82) is 0 Å². The number of benzene rings is 1. The highest BCUT2D eigenvalue weighted by Crippen LogP contribution is 1.96. The van der Waals surface area contributed by atoms with Crippen LogP contribution in [0.2, 0.25) is 0 Å². The second-order valence-electron chi connectivity index (χ2n) is 3.07. The Labute approximate surface area is 88.7 Å². The lowest BCUT2D eigenvalue weighted by Gasteiger charge is -2.05. The molecule has 0 radical (unpaired) electrons. The molecule has 0 saturated heterocycles. The molecule has 4 heteroatoms. The molecule has 0 saturated carbocycles. The lowest BCUT2D eigenvalue weighted by Crippen LogP contribution is -2.38. The summed E-state index contributed by atoms with van der Waals surface area (Å²) in [6.07, 6.45) is 0.304. The molecule has 3 amide bonds. The van der Waals surface area contributed by atoms with Crippen LogP contribution in [0, 0.1) is 0 Å². The van der Waals surface area contributed by atoms with Crippen LogP contribution < -0.4 is 10.6 Å². The van der Waals surface area contributed by atoms with Crippen molar-refractivity contribution in [1.82, 2.24) is 10.6 Å². The molecule has 0 aliphatic heterocycles. The molecule has 0 unspecified atom stereocenters. The molecule has 2 N–H and O–H groups in total. The first-order chi connectivity index (χ1) is 7.22. The van der Waals surface area contributed by atoms with Crippen LogP contribution in [-0.2, 0) is 11.3 Å². The van der Waals surface area contributed by atoms with E-state index >= 15 is 0 Å². The molecular formula is C11H14N2O2. The van der Waals surface area contributed by atoms with Gasteiger partial charge in [-0.05, 0) is 5.56 Å². The average Bonchev–Trinajstić information content (AvgIpc) is 2.27. The van der Waals surface area contributed by atoms with Crippen LogP contribution in [0.3, 0.4) is 0 Å². The maximum absolute atomic E-state index is 11.1. The Hall–Kier alpha value is -1.84. The van der Waals surface area contributed by atoms with Crippen LogP contribution in [0.4, 0.5) is 4.79 Å². The minimum absolute atomic E-state index is 0.277. The van der Waals surface area contributed by atoms with Gasteiger partial charge in [0.25, 0.3) is 0 Å². The lowest BCUT2D eigenvalue weighted by molar-refractivity contribution is -0.119. The molecule has 0 heterocycles. The average molecular weight is 206 g/mol. The summed E-state index contributed by atoms with van der Waals surface area (Å²) in [6.45, 7) is 2.11. The van der Waals surface area contributed by atoms with Crippen LogP contribution in [0.25, 0.3) is 0 Å². The molecular weight excluding hydrogens is 192 g/mol. The van der Waals surface area contributed by atoms with Crippen molar-refractivity contribution in [2.75, 3.05) is 0 Å². The summed E-state index contributed by atoms with van der Waals surface area (Å²) in [5.74, 6) is -0.277. The molecule has 15 heavy (non-hydrogen) atoms. The molecule has 0 atom stereocenters. The highest BCUT2D eigenvalue weighted by Gasteiger charge is 2.03. The maximum atomic E-state index is 11.1. The number of rotatable bonds is 3. The Morgan fingerprint density at radius 3 is 2.47 bits per heavy atom. The third kappa shape index (κ3) is 4.26. The van der Waals surface area contributed by atoms with Gasteiger partial charge in [0, 0.05) is 13.0 Å². The standard InChI is InChI=1S/C11H14N2O2/c1-2-10(14)13-11(15)12-8-9-6-4-3-5-7-9/h3-7H,2,8H2,1H3,(H2,12,13,14,15). The lowest BCUT2D eigenvalue weighted by atomic mass is 10.2. The molecule has 1 aromatic carbocycles. The third-order valence-electron chi connectivity index (χ3n) is 1.87. The highest BCUT2D eigenvalue weighted by atomic mass is 16.2. The normalized spacial score (nSPS) is 9.40. The molecule has 0 bridgehead atoms. The second-order valence-corrected chi connectivity index (χ2v) is 3.07. The van der Waals surface area contributed by atoms with Gasteiger partial charge in [0.1, 0.15) is 0 Å². The van der Waals surface area contributed by atoms with Crippen molar-refractivity contribution in [3.05, 3.63) is 35.9 Å². The summed E-state index contributed by atoms with van der Waals surface area (Å²) in [4.78, 5) is 22.0. The van der Waals surface area contributed by atoms with Gasteiger partial charge in [-0.25, -0.2) is 4.79 Å². The molecule has 0 aliphatic rings. The number of hydrogen-bond donors (Lipinski definition) is 2. The summed E-state index contributed by atoms with van der Waals surface area (Å²) in [5, 5.41) is 4.80. The second kappa shape index (κ2) is 5.80. The summed E-state index contributed by atoms with van der Waals surface area (Å²) >= 11 is 0. The van der Waals surface area contributed by atoms with Gasteiger partial charge in [-0.15, -0.1) is 0 Å². The Kier molecular flexibility index (Phi) is 4.34. The first kappa shape index (κ1) is 11.2. The fourth-order valence-electron chi connectivity index (χ4n) is 1.04. The zero-order valence-electron chi connectivity index (χ0n) is 8.62. The number of urea groups is 1. The van der Waals surface area contributed by atoms with Gasteiger partial charge in [0.05, 0.1) is 0 Å². The van der Waals surface area contributed by atoms with Crippen molar-refractivity contribution < 1.29 is 9.59 Å². The van der Waals surface area contributed by atoms with E-state index in [4.69, 9.17) is 0 Å². The fourth-order valence-corrected chi connectivity index (χ4v) is 1.04. The number of amides is 3. The fraction of sp³-hybridized carbons (Fsp3) is 0.273. The highest BCUT2D eigenvalue weighted by molar-refractivity contribution is 5.94. The van der Waals surface area contributed by atoms with Crippen LogP contribution in [0.15, 0.2) is 30.3 Å². The topological polar surface area (TPSA) is 58.2 Å². The minimum Gasteiger partial charge on any atom is -0.334 e. The van der Waals surface area contributed by atoms with E-state index in [9.17, 15) is 9.59 Å². The van der Waals surface area contributed by atoms with E-state index in [1.165, 1.54) is 0 Å². The molecule has 1 aromatic rings. The molecule has 0 aliphatic carbocycles. The summed E-state index contributed by atoms with van der Waals surface area (Å²) in [5.41, 5.74) is 0.997. The van der Waals surface area contributed by atoms with Crippen LogP contribution in [-0.4, -0.2) is 11.9 Å². The summed E-state index contributed by atoms with van der Waals surface area (Å²) in [6, 6.07) is 9.05. The van der Waals surface area contributed by atoms with Crippen molar-refractivity contribution in [3.63, 3.8) is 0 Å². The first-order valence-corrected chi connectivity index (χ1v) is 4.84. The molecule has 0 spiro atoms. The van der Waals surface area contributed by atoms with Crippen molar-refractivity contribution >= 4 is 11.9 Å². The van der Waals surface area contributed by atoms with Crippen LogP contribution in [0.1, 0.15) is 18.9 Å². The Morgan fingerprint density at radius 2 is 1.87 bits per heavy atom. The van der Waals surface area contributed by atoms with Gasteiger partial charge in [-0.1, -0.05) is 37.3 Å². The van der Waals surface area contributed by atoms with Crippen molar-refractivity contribution in [2.24, 2.45) is 0 Å². The molecule has 4 nitrogen and oxygen atoms in total. The Balaban J connectivity index is 2.32. The quantitative estimate of drug-likeness (QED) is 0.785. The largest absolute Gasteiger partial charge is 0.334 e. The first-order valence-electron chi connectivity index (χ1n) is 4.84. The molecule has 0 aromatic heterocycles. The number of imide groups is 1. The van der Waals surface area contributed by atoms with E-state index in [-0.39, 0.29) is 5.91 Å². The summed E-state index contributed by atoms with van der Waals surface area (Å²) in [7, 11) is 0. The number of carbonyl (C=O) groups excluding carboxylic acids is 2. The van der Waals surface area contributed by atoms with E-state index in [1.807, 2.05) is 30.3 Å². The van der Waals surface area contributed by atoms with E-state index in [0.717, 1.165) is 5.56 Å². The SMILES string of the molecule is CCC(=O)NC(=O)NCc1ccccc1. The smallest absolute Gasteiger partial charge is 0.321 e. The van der Waals surface area contributed by atoms with Gasteiger partial charge >= 0.3 is 6.03 Å². The predicted molar refractivity (Wildman–Crippen MR) is 57.1 cm³/mol. The maximum Gasteiger partial charge on any atom is 0.321 e. The third-order valence-corrected chi connectivity index (χ3v) is 1.87. The van der Waals surface area contributed by atoms with Gasteiger partial charge in [0.2, 0.25) is 5.91 Å². The van der Waals surface area contributed by atoms with E-state index in [2.05, 4.69) is 10.6 Å². The van der Waals surface area contributed by atoms with Gasteiger partial charge < -0.3 is 5.32 Å². The Bertz CT molecular complexity index is 336. The minimum atomic E-state index is -0.453. The van der Waals surface area contributed by atoms with Gasteiger partial charge in [-0.2, -0.15) is 0 Å².